The van der Waals surface area contributed by atoms with Gasteiger partial charge in [0.25, 0.3) is 0 Å². The Morgan fingerprint density at radius 1 is 1.11 bits per heavy atom. The van der Waals surface area contributed by atoms with Gasteiger partial charge in [0.1, 0.15) is 5.76 Å². The predicted octanol–water partition coefficient (Wildman–Crippen LogP) is 4.24. The van der Waals surface area contributed by atoms with Gasteiger partial charge in [0.05, 0.1) is 19.4 Å². The van der Waals surface area contributed by atoms with E-state index in [0.717, 1.165) is 31.8 Å². The molecule has 0 bridgehead atoms. The van der Waals surface area contributed by atoms with E-state index in [1.54, 1.807) is 17.6 Å². The largest absolute Gasteiger partial charge is 0.468 e. The summed E-state index contributed by atoms with van der Waals surface area (Å²) in [6.07, 6.45) is 2.67. The van der Waals surface area contributed by atoms with Crippen molar-refractivity contribution in [1.29, 1.82) is 0 Å². The average molecular weight is 510 g/mol. The molecular weight excluding hydrogens is 483 g/mol. The molecule has 5 nitrogen and oxygen atoms in total. The summed E-state index contributed by atoms with van der Waals surface area (Å²) in [6.45, 7) is 2.97. The second-order valence-corrected chi connectivity index (χ2v) is 7.51. The first-order chi connectivity index (χ1) is 13.2. The van der Waals surface area contributed by atoms with Crippen LogP contribution < -0.4 is 11.1 Å². The van der Waals surface area contributed by atoms with Crippen LogP contribution in [0.15, 0.2) is 69.6 Å². The molecule has 0 unspecified atom stereocenters. The Balaban J connectivity index is 0.00000280. The number of benzene rings is 1. The first kappa shape index (κ1) is 22.4. The molecule has 2 heterocycles. The maximum atomic E-state index is 6.02. The number of furan rings is 1. The van der Waals surface area contributed by atoms with Crippen LogP contribution in [0.25, 0.3) is 0 Å². The van der Waals surface area contributed by atoms with Gasteiger partial charge in [-0.1, -0.05) is 30.3 Å². The van der Waals surface area contributed by atoms with E-state index in [0.29, 0.717) is 12.5 Å². The van der Waals surface area contributed by atoms with Crippen LogP contribution in [-0.2, 0) is 26.1 Å². The topological polar surface area (TPSA) is 66.8 Å². The number of rotatable bonds is 9. The number of thiophene rings is 1. The lowest BCUT2D eigenvalue weighted by Gasteiger charge is -2.17. The Kier molecular flexibility index (Phi) is 9.52. The highest BCUT2D eigenvalue weighted by atomic mass is 127. The summed E-state index contributed by atoms with van der Waals surface area (Å²) in [5.74, 6) is 1.46. The Labute approximate surface area is 187 Å². The molecule has 2 aromatic heterocycles. The van der Waals surface area contributed by atoms with Crippen LogP contribution in [0.2, 0.25) is 0 Å². The van der Waals surface area contributed by atoms with Crippen LogP contribution in [0, 0.1) is 0 Å². The minimum absolute atomic E-state index is 0. The molecule has 0 aliphatic rings. The van der Waals surface area contributed by atoms with Crippen molar-refractivity contribution in [3.63, 3.8) is 0 Å². The molecule has 3 N–H and O–H groups in total. The maximum absolute atomic E-state index is 6.02. The number of hydrogen-bond acceptors (Lipinski definition) is 4. The van der Waals surface area contributed by atoms with Crippen molar-refractivity contribution < 1.29 is 4.42 Å². The quantitative estimate of drug-likeness (QED) is 0.257. The lowest BCUT2D eigenvalue weighted by atomic mass is 10.1. The number of guanidine groups is 1. The van der Waals surface area contributed by atoms with Crippen LogP contribution in [-0.4, -0.2) is 24.5 Å². The van der Waals surface area contributed by atoms with Crippen LogP contribution >= 0.6 is 35.3 Å². The molecule has 0 saturated carbocycles. The number of nitrogens with one attached hydrogen (secondary N) is 1. The fourth-order valence-corrected chi connectivity index (χ4v) is 3.59. The van der Waals surface area contributed by atoms with Crippen molar-refractivity contribution in [2.24, 2.45) is 10.7 Å². The molecule has 3 aromatic rings. The lowest BCUT2D eigenvalue weighted by molar-refractivity contribution is 0.287. The molecule has 1 aromatic carbocycles. The predicted molar refractivity (Wildman–Crippen MR) is 127 cm³/mol. The third-order valence-corrected chi connectivity index (χ3v) is 5.18. The highest BCUT2D eigenvalue weighted by Gasteiger charge is 2.07. The van der Waals surface area contributed by atoms with E-state index < -0.39 is 0 Å². The maximum Gasteiger partial charge on any atom is 0.188 e. The summed E-state index contributed by atoms with van der Waals surface area (Å²) in [4.78, 5) is 8.08. The van der Waals surface area contributed by atoms with E-state index in [1.807, 2.05) is 18.2 Å². The second kappa shape index (κ2) is 11.9. The van der Waals surface area contributed by atoms with Crippen molar-refractivity contribution in [3.05, 3.63) is 81.9 Å². The summed E-state index contributed by atoms with van der Waals surface area (Å²) in [5.41, 5.74) is 8.46. The third-order valence-electron chi connectivity index (χ3n) is 4.24. The number of halogens is 1. The first-order valence-corrected chi connectivity index (χ1v) is 9.92. The van der Waals surface area contributed by atoms with Gasteiger partial charge in [0.15, 0.2) is 5.96 Å². The van der Waals surface area contributed by atoms with Crippen molar-refractivity contribution >= 4 is 41.3 Å². The number of aliphatic imine (C=N–C) groups is 1. The Hall–Kier alpha value is -1.84. The molecule has 0 amide bonds. The van der Waals surface area contributed by atoms with Gasteiger partial charge in [0.2, 0.25) is 0 Å². The van der Waals surface area contributed by atoms with Gasteiger partial charge in [-0.25, -0.2) is 4.99 Å². The van der Waals surface area contributed by atoms with Crippen molar-refractivity contribution in [1.82, 2.24) is 10.2 Å². The van der Waals surface area contributed by atoms with Gasteiger partial charge >= 0.3 is 0 Å². The first-order valence-electron chi connectivity index (χ1n) is 9.04. The van der Waals surface area contributed by atoms with Crippen molar-refractivity contribution in [2.75, 3.05) is 13.6 Å². The number of hydrogen-bond donors (Lipinski definition) is 2. The molecule has 0 spiro atoms. The zero-order valence-electron chi connectivity index (χ0n) is 16.0. The molecule has 7 heteroatoms. The fourth-order valence-electron chi connectivity index (χ4n) is 2.88. The van der Waals surface area contributed by atoms with E-state index in [-0.39, 0.29) is 24.0 Å². The molecule has 0 atom stereocenters. The van der Waals surface area contributed by atoms with Crippen molar-refractivity contribution in [3.8, 4) is 0 Å². The summed E-state index contributed by atoms with van der Waals surface area (Å²) < 4.78 is 5.43. The third kappa shape index (κ3) is 7.29. The smallest absolute Gasteiger partial charge is 0.188 e. The fraction of sp³-hybridized carbons (Fsp3) is 0.286. The van der Waals surface area contributed by atoms with Crippen LogP contribution in [0.4, 0.5) is 0 Å². The van der Waals surface area contributed by atoms with Gasteiger partial charge in [-0.2, -0.15) is 0 Å². The zero-order valence-corrected chi connectivity index (χ0v) is 19.2. The Morgan fingerprint density at radius 3 is 2.64 bits per heavy atom. The van der Waals surface area contributed by atoms with Crippen LogP contribution in [0.1, 0.15) is 21.8 Å². The highest BCUT2D eigenvalue weighted by Crippen LogP contribution is 2.14. The van der Waals surface area contributed by atoms with Gasteiger partial charge in [0, 0.05) is 18.0 Å². The van der Waals surface area contributed by atoms with E-state index in [9.17, 15) is 0 Å². The van der Waals surface area contributed by atoms with Crippen molar-refractivity contribution in [2.45, 2.75) is 26.1 Å². The highest BCUT2D eigenvalue weighted by molar-refractivity contribution is 14.0. The van der Waals surface area contributed by atoms with Gasteiger partial charge in [-0.05, 0) is 48.2 Å². The summed E-state index contributed by atoms with van der Waals surface area (Å²) in [6, 6.07) is 16.5. The average Bonchev–Trinajstić information content (AvgIpc) is 3.35. The van der Waals surface area contributed by atoms with Crippen LogP contribution in [0.3, 0.4) is 0 Å². The summed E-state index contributed by atoms with van der Waals surface area (Å²) in [7, 11) is 2.09. The SMILES string of the molecule is CN(Cc1ccco1)Cc1ccccc1CN=C(N)NCCc1cccs1.I. The van der Waals surface area contributed by atoms with E-state index in [4.69, 9.17) is 10.2 Å². The summed E-state index contributed by atoms with van der Waals surface area (Å²) >= 11 is 1.76. The summed E-state index contributed by atoms with van der Waals surface area (Å²) in [5, 5.41) is 5.28. The monoisotopic (exact) mass is 510 g/mol. The molecule has 0 saturated heterocycles. The van der Waals surface area contributed by atoms with Gasteiger partial charge < -0.3 is 15.5 Å². The van der Waals surface area contributed by atoms with Gasteiger partial charge in [-0.15, -0.1) is 35.3 Å². The normalized spacial score (nSPS) is 11.4. The minimum atomic E-state index is 0. The molecule has 150 valence electrons. The standard InChI is InChI=1S/C21H26N4OS.HI/c1-25(16-19-8-4-12-26-19)15-18-7-3-2-6-17(18)14-24-21(22)23-11-10-20-9-5-13-27-20;/h2-9,12-13H,10-11,14-16H2,1H3,(H3,22,23,24);1H. The number of nitrogens with two attached hydrogens (primary N) is 1. The van der Waals surface area contributed by atoms with Gasteiger partial charge in [-0.3, -0.25) is 4.90 Å². The van der Waals surface area contributed by atoms with E-state index >= 15 is 0 Å². The lowest BCUT2D eigenvalue weighted by Crippen LogP contribution is -2.33. The minimum Gasteiger partial charge on any atom is -0.468 e. The zero-order chi connectivity index (χ0) is 18.9. The molecule has 0 aliphatic heterocycles. The molecule has 28 heavy (non-hydrogen) atoms. The Morgan fingerprint density at radius 2 is 1.93 bits per heavy atom. The van der Waals surface area contributed by atoms with E-state index in [2.05, 4.69) is 58.0 Å². The Bertz CT molecular complexity index is 834. The molecular formula is C21H27IN4OS. The molecule has 0 fully saturated rings. The second-order valence-electron chi connectivity index (χ2n) is 6.48. The van der Waals surface area contributed by atoms with E-state index in [1.165, 1.54) is 16.0 Å². The molecule has 3 rings (SSSR count). The molecule has 0 radical (unpaired) electrons. The number of nitrogens with zero attached hydrogens (tertiary/aromatic N) is 2. The van der Waals surface area contributed by atoms with Crippen LogP contribution in [0.5, 0.6) is 0 Å². The molecule has 0 aliphatic carbocycles.